The lowest BCUT2D eigenvalue weighted by Crippen LogP contribution is -2.03. The van der Waals surface area contributed by atoms with Crippen molar-refractivity contribution in [2.75, 3.05) is 6.61 Å². The van der Waals surface area contributed by atoms with Gasteiger partial charge in [-0.1, -0.05) is 18.2 Å². The molecule has 0 unspecified atom stereocenters. The van der Waals surface area contributed by atoms with Gasteiger partial charge in [-0.25, -0.2) is 9.59 Å². The van der Waals surface area contributed by atoms with E-state index in [0.29, 0.717) is 32.1 Å². The monoisotopic (exact) mass is 404 g/mol. The first-order chi connectivity index (χ1) is 13.8. The first-order valence-electron chi connectivity index (χ1n) is 9.44. The van der Waals surface area contributed by atoms with Crippen LogP contribution in [0.15, 0.2) is 58.0 Å². The molecule has 0 bridgehead atoms. The van der Waals surface area contributed by atoms with Crippen LogP contribution in [0.1, 0.15) is 51.5 Å². The smallest absolute Gasteiger partial charge is 0.331 e. The highest BCUT2D eigenvalue weighted by molar-refractivity contribution is 5.87. The number of hydrogen-bond donors (Lipinski definition) is 2. The number of hydrogen-bond acceptors (Lipinski definition) is 5. The molecule has 0 aliphatic heterocycles. The molecule has 0 fully saturated rings. The minimum atomic E-state index is -1.02. The first-order valence-corrected chi connectivity index (χ1v) is 9.44. The largest absolute Gasteiger partial charge is 0.478 e. The molecule has 2 N–H and O–H groups in total. The van der Waals surface area contributed by atoms with Gasteiger partial charge in [-0.05, 0) is 62.7 Å². The third-order valence-electron chi connectivity index (χ3n) is 4.17. The van der Waals surface area contributed by atoms with Crippen molar-refractivity contribution in [3.8, 4) is 0 Å². The van der Waals surface area contributed by atoms with Crippen molar-refractivity contribution in [1.29, 1.82) is 0 Å². The van der Waals surface area contributed by atoms with Crippen molar-refractivity contribution in [2.24, 2.45) is 0 Å². The van der Waals surface area contributed by atoms with Gasteiger partial charge in [0.1, 0.15) is 6.61 Å². The van der Waals surface area contributed by atoms with Crippen LogP contribution in [0.3, 0.4) is 0 Å². The van der Waals surface area contributed by atoms with Crippen LogP contribution in [0.2, 0.25) is 0 Å². The molecule has 1 rings (SSSR count). The second kappa shape index (κ2) is 13.1. The molecule has 0 aliphatic rings. The maximum atomic E-state index is 11.4. The summed E-state index contributed by atoms with van der Waals surface area (Å²) in [6, 6.07) is 1.83. The third-order valence-corrected chi connectivity index (χ3v) is 4.17. The number of furan rings is 1. The Morgan fingerprint density at radius 2 is 1.55 bits per heavy atom. The molecule has 29 heavy (non-hydrogen) atoms. The van der Waals surface area contributed by atoms with Gasteiger partial charge >= 0.3 is 17.9 Å². The average Bonchev–Trinajstić information content (AvgIpc) is 3.16. The fourth-order valence-corrected chi connectivity index (χ4v) is 2.59. The lowest BCUT2D eigenvalue weighted by Gasteiger charge is -2.04. The minimum absolute atomic E-state index is 0.188. The van der Waals surface area contributed by atoms with Crippen molar-refractivity contribution in [1.82, 2.24) is 0 Å². The summed E-state index contributed by atoms with van der Waals surface area (Å²) in [5, 5.41) is 18.7. The molecule has 0 aliphatic carbocycles. The van der Waals surface area contributed by atoms with E-state index in [-0.39, 0.29) is 30.1 Å². The van der Waals surface area contributed by atoms with Crippen LogP contribution < -0.4 is 0 Å². The Hall–Kier alpha value is -3.09. The summed E-state index contributed by atoms with van der Waals surface area (Å²) in [5.74, 6) is -2.38. The lowest BCUT2D eigenvalue weighted by molar-refractivity contribution is -0.140. The molecule has 0 atom stereocenters. The van der Waals surface area contributed by atoms with E-state index in [4.69, 9.17) is 9.15 Å². The average molecular weight is 404 g/mol. The minimum Gasteiger partial charge on any atom is -0.478 e. The Morgan fingerprint density at radius 3 is 2.07 bits per heavy atom. The van der Waals surface area contributed by atoms with Crippen molar-refractivity contribution in [3.63, 3.8) is 0 Å². The summed E-state index contributed by atoms with van der Waals surface area (Å²) in [4.78, 5) is 33.6. The summed E-state index contributed by atoms with van der Waals surface area (Å²) >= 11 is 0. The van der Waals surface area contributed by atoms with Crippen LogP contribution in [0.25, 0.3) is 0 Å². The number of esters is 1. The molecule has 0 radical (unpaired) electrons. The van der Waals surface area contributed by atoms with Crippen LogP contribution >= 0.6 is 0 Å². The Kier molecular flexibility index (Phi) is 10.9. The second-order valence-corrected chi connectivity index (χ2v) is 6.65. The van der Waals surface area contributed by atoms with Crippen molar-refractivity contribution in [2.45, 2.75) is 52.4 Å². The molecular formula is C22H28O7. The second-order valence-electron chi connectivity index (χ2n) is 6.65. The predicted molar refractivity (Wildman–Crippen MR) is 107 cm³/mol. The fourth-order valence-electron chi connectivity index (χ4n) is 2.59. The topological polar surface area (TPSA) is 114 Å². The highest BCUT2D eigenvalue weighted by Gasteiger charge is 2.09. The van der Waals surface area contributed by atoms with Crippen molar-refractivity contribution < 1.29 is 33.8 Å². The van der Waals surface area contributed by atoms with Crippen LogP contribution in [0, 0.1) is 0 Å². The molecule has 0 spiro atoms. The normalized spacial score (nSPS) is 12.7. The quantitative estimate of drug-likeness (QED) is 0.286. The molecule has 0 saturated heterocycles. The molecule has 1 aromatic heterocycles. The Morgan fingerprint density at radius 1 is 0.966 bits per heavy atom. The highest BCUT2D eigenvalue weighted by Crippen LogP contribution is 2.14. The highest BCUT2D eigenvalue weighted by atomic mass is 16.5. The first kappa shape index (κ1) is 23.9. The van der Waals surface area contributed by atoms with Crippen LogP contribution in [-0.4, -0.2) is 34.7 Å². The summed E-state index contributed by atoms with van der Waals surface area (Å²) in [5.41, 5.74) is 2.35. The number of aliphatic carboxylic acids is 2. The number of carboxylic acids is 2. The Balaban J connectivity index is 2.55. The van der Waals surface area contributed by atoms with E-state index in [1.165, 1.54) is 6.92 Å². The molecule has 7 heteroatoms. The standard InChI is InChI=1S/C22H28O7/c1-16(14-29-17(2)23)6-3-8-19(21(24)25)10-5-11-20(22(26)27)9-4-7-18-12-13-28-15-18/h6,9-10,12-13,15H,3-5,7-8,11,14H2,1-2H3,(H,24,25)(H,26,27). The fraction of sp³-hybridized carbons (Fsp3) is 0.409. The molecule has 0 amide bonds. The molecular weight excluding hydrogens is 376 g/mol. The SMILES string of the molecule is CC(=O)OCC(C)=CCCC(=CCCC(=CCCc1ccoc1)C(=O)O)C(=O)O. The van der Waals surface area contributed by atoms with Gasteiger partial charge in [0.05, 0.1) is 12.5 Å². The zero-order valence-corrected chi connectivity index (χ0v) is 16.8. The molecule has 158 valence electrons. The van der Waals surface area contributed by atoms with Gasteiger partial charge in [0.25, 0.3) is 0 Å². The summed E-state index contributed by atoms with van der Waals surface area (Å²) in [7, 11) is 0. The predicted octanol–water partition coefficient (Wildman–Crippen LogP) is 4.30. The van der Waals surface area contributed by atoms with Gasteiger partial charge in [0, 0.05) is 18.1 Å². The molecule has 1 heterocycles. The van der Waals surface area contributed by atoms with E-state index in [2.05, 4.69) is 0 Å². The number of carboxylic acid groups (broad SMARTS) is 2. The number of ether oxygens (including phenoxy) is 1. The van der Waals surface area contributed by atoms with Gasteiger partial charge in [0.2, 0.25) is 0 Å². The summed E-state index contributed by atoms with van der Waals surface area (Å²) in [6.07, 6.45) is 10.9. The van der Waals surface area contributed by atoms with E-state index in [1.54, 1.807) is 31.6 Å². The van der Waals surface area contributed by atoms with Crippen LogP contribution in [-0.2, 0) is 25.5 Å². The third kappa shape index (κ3) is 10.7. The van der Waals surface area contributed by atoms with Gasteiger partial charge in [0.15, 0.2) is 0 Å². The number of carbonyl (C=O) groups excluding carboxylic acids is 1. The van der Waals surface area contributed by atoms with Crippen molar-refractivity contribution in [3.05, 3.63) is 59.1 Å². The zero-order chi connectivity index (χ0) is 21.6. The lowest BCUT2D eigenvalue weighted by atomic mass is 10.0. The molecule has 7 nitrogen and oxygen atoms in total. The number of rotatable bonds is 13. The maximum absolute atomic E-state index is 11.4. The van der Waals surface area contributed by atoms with Gasteiger partial charge in [-0.2, -0.15) is 0 Å². The molecule has 0 aromatic carbocycles. The van der Waals surface area contributed by atoms with Gasteiger partial charge < -0.3 is 19.4 Å². The van der Waals surface area contributed by atoms with Crippen LogP contribution in [0.5, 0.6) is 0 Å². The number of allylic oxidation sites excluding steroid dienone is 3. The van der Waals surface area contributed by atoms with Gasteiger partial charge in [-0.3, -0.25) is 4.79 Å². The van der Waals surface area contributed by atoms with Crippen LogP contribution in [0.4, 0.5) is 0 Å². The summed E-state index contributed by atoms with van der Waals surface area (Å²) < 4.78 is 9.85. The van der Waals surface area contributed by atoms with E-state index >= 15 is 0 Å². The van der Waals surface area contributed by atoms with Crippen molar-refractivity contribution >= 4 is 17.9 Å². The van der Waals surface area contributed by atoms with E-state index < -0.39 is 11.9 Å². The zero-order valence-electron chi connectivity index (χ0n) is 16.8. The van der Waals surface area contributed by atoms with Gasteiger partial charge in [-0.15, -0.1) is 0 Å². The van der Waals surface area contributed by atoms with E-state index in [1.807, 2.05) is 12.1 Å². The van der Waals surface area contributed by atoms with E-state index in [9.17, 15) is 24.6 Å². The van der Waals surface area contributed by atoms with E-state index in [0.717, 1.165) is 11.1 Å². The Labute approximate surface area is 170 Å². The number of aryl methyl sites for hydroxylation is 1. The molecule has 1 aromatic rings. The Bertz CT molecular complexity index is 767. The maximum Gasteiger partial charge on any atom is 0.331 e. The molecule has 0 saturated carbocycles. The summed E-state index contributed by atoms with van der Waals surface area (Å²) in [6.45, 7) is 3.32. The number of carbonyl (C=O) groups is 3.